The number of nitrogens with one attached hydrogen (secondary N) is 1. The van der Waals surface area contributed by atoms with Gasteiger partial charge in [0.25, 0.3) is 0 Å². The average molecular weight is 425 g/mol. The van der Waals surface area contributed by atoms with E-state index in [0.717, 1.165) is 46.6 Å². The quantitative estimate of drug-likeness (QED) is 0.281. The Bertz CT molecular complexity index is 1280. The van der Waals surface area contributed by atoms with E-state index >= 15 is 0 Å². The van der Waals surface area contributed by atoms with Gasteiger partial charge in [-0.05, 0) is 67.6 Å². The third kappa shape index (κ3) is 4.34. The molecule has 1 N–H and O–H groups in total. The summed E-state index contributed by atoms with van der Waals surface area (Å²) >= 11 is 0. The number of para-hydroxylation sites is 2. The van der Waals surface area contributed by atoms with Gasteiger partial charge in [-0.2, -0.15) is 5.26 Å². The Morgan fingerprint density at radius 2 is 1.75 bits per heavy atom. The van der Waals surface area contributed by atoms with E-state index in [2.05, 4.69) is 66.9 Å². The Hall–Kier alpha value is -3.32. The Kier molecular flexibility index (Phi) is 6.75. The van der Waals surface area contributed by atoms with Gasteiger partial charge in [-0.1, -0.05) is 63.3 Å². The monoisotopic (exact) mass is 424 g/mol. The highest BCUT2D eigenvalue weighted by Gasteiger charge is 2.20. The molecule has 2 aromatic heterocycles. The summed E-state index contributed by atoms with van der Waals surface area (Å²) in [7, 11) is 0. The van der Waals surface area contributed by atoms with E-state index in [9.17, 15) is 5.26 Å². The molecular formula is C28H32N4. The van der Waals surface area contributed by atoms with Crippen LogP contribution in [0.25, 0.3) is 16.7 Å². The fourth-order valence-electron chi connectivity index (χ4n) is 4.56. The molecule has 4 rings (SSSR count). The van der Waals surface area contributed by atoms with Crippen LogP contribution in [0.1, 0.15) is 67.7 Å². The lowest BCUT2D eigenvalue weighted by Crippen LogP contribution is -2.08. The molecule has 4 nitrogen and oxygen atoms in total. The number of aryl methyl sites for hydroxylation is 1. The van der Waals surface area contributed by atoms with E-state index in [1.54, 1.807) is 0 Å². The lowest BCUT2D eigenvalue weighted by atomic mass is 9.98. The number of anilines is 2. The largest absolute Gasteiger partial charge is 0.341 e. The van der Waals surface area contributed by atoms with Gasteiger partial charge >= 0.3 is 0 Å². The van der Waals surface area contributed by atoms with Crippen LogP contribution in [-0.2, 0) is 6.42 Å². The molecule has 4 heteroatoms. The second kappa shape index (κ2) is 9.87. The Morgan fingerprint density at radius 1 is 0.969 bits per heavy atom. The number of hydrogen-bond acceptors (Lipinski definition) is 3. The van der Waals surface area contributed by atoms with Crippen LogP contribution in [-0.4, -0.2) is 9.38 Å². The summed E-state index contributed by atoms with van der Waals surface area (Å²) in [5.41, 5.74) is 7.87. The van der Waals surface area contributed by atoms with Crippen molar-refractivity contribution in [2.45, 2.75) is 65.7 Å². The van der Waals surface area contributed by atoms with Crippen LogP contribution < -0.4 is 5.32 Å². The predicted octanol–water partition coefficient (Wildman–Crippen LogP) is 7.62. The number of nitrogens with zero attached hydrogens (tertiary/aromatic N) is 3. The number of aromatic nitrogens is 2. The van der Waals surface area contributed by atoms with Gasteiger partial charge in [0.2, 0.25) is 0 Å². The van der Waals surface area contributed by atoms with Crippen molar-refractivity contribution in [3.8, 4) is 6.07 Å². The number of hydrogen-bond donors (Lipinski definition) is 1. The molecule has 164 valence electrons. The molecule has 0 unspecified atom stereocenters. The van der Waals surface area contributed by atoms with Gasteiger partial charge in [0.05, 0.1) is 16.6 Å². The van der Waals surface area contributed by atoms with Crippen LogP contribution in [0.15, 0.2) is 48.5 Å². The maximum absolute atomic E-state index is 10.0. The van der Waals surface area contributed by atoms with Crippen molar-refractivity contribution in [2.75, 3.05) is 5.32 Å². The highest BCUT2D eigenvalue weighted by atomic mass is 15.1. The fourth-order valence-corrected chi connectivity index (χ4v) is 4.56. The first kappa shape index (κ1) is 21.9. The molecule has 0 aliphatic rings. The summed E-state index contributed by atoms with van der Waals surface area (Å²) in [4.78, 5) is 4.84. The van der Waals surface area contributed by atoms with Crippen molar-refractivity contribution in [1.82, 2.24) is 9.38 Å². The topological polar surface area (TPSA) is 53.1 Å². The highest BCUT2D eigenvalue weighted by molar-refractivity contribution is 5.87. The molecule has 0 aliphatic carbocycles. The summed E-state index contributed by atoms with van der Waals surface area (Å²) in [5, 5.41) is 13.7. The smallest absolute Gasteiger partial charge is 0.157 e. The van der Waals surface area contributed by atoms with Crippen LogP contribution >= 0.6 is 0 Å². The summed E-state index contributed by atoms with van der Waals surface area (Å²) in [6.45, 7) is 6.43. The lowest BCUT2D eigenvalue weighted by molar-refractivity contribution is 0.607. The number of nitriles is 1. The first-order valence-corrected chi connectivity index (χ1v) is 11.8. The zero-order valence-electron chi connectivity index (χ0n) is 19.4. The zero-order chi connectivity index (χ0) is 22.5. The molecule has 0 aliphatic heterocycles. The molecule has 0 fully saturated rings. The van der Waals surface area contributed by atoms with Gasteiger partial charge in [0, 0.05) is 5.69 Å². The molecule has 0 saturated carbocycles. The normalized spacial score (nSPS) is 11.2. The minimum atomic E-state index is 0.678. The van der Waals surface area contributed by atoms with Crippen molar-refractivity contribution in [2.24, 2.45) is 0 Å². The molecule has 0 atom stereocenters. The van der Waals surface area contributed by atoms with Gasteiger partial charge in [-0.3, -0.25) is 4.40 Å². The average Bonchev–Trinajstić information content (AvgIpc) is 3.17. The number of benzene rings is 2. The first-order chi connectivity index (χ1) is 15.6. The summed E-state index contributed by atoms with van der Waals surface area (Å²) in [6.07, 6.45) is 8.44. The Balaban J connectivity index is 1.84. The SMILES string of the molecule is CCCCCCCCc1c(C)c(C#N)c2nc3ccccc3n2c1Nc1cccc(C)c1. The number of fused-ring (bicyclic) bond motifs is 3. The van der Waals surface area contributed by atoms with Gasteiger partial charge in [0.15, 0.2) is 5.65 Å². The van der Waals surface area contributed by atoms with Crippen LogP contribution in [0.5, 0.6) is 0 Å². The van der Waals surface area contributed by atoms with Crippen LogP contribution in [0.3, 0.4) is 0 Å². The number of imidazole rings is 1. The Labute approximate surface area is 190 Å². The second-order valence-corrected chi connectivity index (χ2v) is 8.71. The van der Waals surface area contributed by atoms with Crippen molar-refractivity contribution in [3.63, 3.8) is 0 Å². The summed E-state index contributed by atoms with van der Waals surface area (Å²) < 4.78 is 2.15. The molecule has 32 heavy (non-hydrogen) atoms. The number of rotatable bonds is 9. The van der Waals surface area contributed by atoms with Gasteiger partial charge in [-0.25, -0.2) is 4.98 Å². The third-order valence-electron chi connectivity index (χ3n) is 6.29. The summed E-state index contributed by atoms with van der Waals surface area (Å²) in [5.74, 6) is 1.03. The number of unbranched alkanes of at least 4 members (excludes halogenated alkanes) is 5. The lowest BCUT2D eigenvalue weighted by Gasteiger charge is -2.19. The Morgan fingerprint density at radius 3 is 2.53 bits per heavy atom. The van der Waals surface area contributed by atoms with Gasteiger partial charge in [0.1, 0.15) is 11.9 Å². The molecule has 0 bridgehead atoms. The summed E-state index contributed by atoms with van der Waals surface area (Å²) in [6, 6.07) is 19.0. The van der Waals surface area contributed by atoms with Gasteiger partial charge in [-0.15, -0.1) is 0 Å². The molecule has 0 spiro atoms. The molecular weight excluding hydrogens is 392 g/mol. The van der Waals surface area contributed by atoms with Crippen LogP contribution in [0.4, 0.5) is 11.5 Å². The molecule has 0 saturated heterocycles. The predicted molar refractivity (Wildman–Crippen MR) is 134 cm³/mol. The van der Waals surface area contributed by atoms with Crippen molar-refractivity contribution >= 4 is 28.2 Å². The van der Waals surface area contributed by atoms with Crippen LogP contribution in [0.2, 0.25) is 0 Å². The minimum absolute atomic E-state index is 0.678. The van der Waals surface area contributed by atoms with E-state index < -0.39 is 0 Å². The van der Waals surface area contributed by atoms with E-state index in [-0.39, 0.29) is 0 Å². The minimum Gasteiger partial charge on any atom is -0.341 e. The van der Waals surface area contributed by atoms with Gasteiger partial charge < -0.3 is 5.32 Å². The number of pyridine rings is 1. The first-order valence-electron chi connectivity index (χ1n) is 11.8. The molecule has 0 radical (unpaired) electrons. The molecule has 2 heterocycles. The molecule has 2 aromatic carbocycles. The standard InChI is InChI=1S/C28H32N4/c1-4-5-6-7-8-9-15-23-21(3)24(19-29)28-31-25-16-10-11-17-26(25)32(28)27(23)30-22-14-12-13-20(2)18-22/h10-14,16-18,30H,4-9,15H2,1-3H3. The zero-order valence-corrected chi connectivity index (χ0v) is 19.4. The maximum atomic E-state index is 10.0. The van der Waals surface area contributed by atoms with E-state index in [4.69, 9.17) is 4.98 Å². The van der Waals surface area contributed by atoms with Crippen molar-refractivity contribution < 1.29 is 0 Å². The molecule has 0 amide bonds. The van der Waals surface area contributed by atoms with Crippen molar-refractivity contribution in [3.05, 3.63) is 70.8 Å². The van der Waals surface area contributed by atoms with E-state index in [0.29, 0.717) is 5.56 Å². The van der Waals surface area contributed by atoms with E-state index in [1.165, 1.54) is 43.2 Å². The fraction of sp³-hybridized carbons (Fsp3) is 0.357. The highest BCUT2D eigenvalue weighted by Crippen LogP contribution is 2.34. The maximum Gasteiger partial charge on any atom is 0.157 e. The van der Waals surface area contributed by atoms with Crippen LogP contribution in [0, 0.1) is 25.2 Å². The van der Waals surface area contributed by atoms with E-state index in [1.807, 2.05) is 18.2 Å². The second-order valence-electron chi connectivity index (χ2n) is 8.71. The molecule has 4 aromatic rings. The van der Waals surface area contributed by atoms with Crippen molar-refractivity contribution in [1.29, 1.82) is 5.26 Å². The third-order valence-corrected chi connectivity index (χ3v) is 6.29.